The van der Waals surface area contributed by atoms with Gasteiger partial charge in [0.05, 0.1) is 26.4 Å². The summed E-state index contributed by atoms with van der Waals surface area (Å²) >= 11 is 0. The number of ether oxygens (including phenoxy) is 4. The molecule has 3 N–H and O–H groups in total. The largest absolute Gasteiger partial charge is 0.472 e. The van der Waals surface area contributed by atoms with Crippen LogP contribution in [0.2, 0.25) is 0 Å². The molecule has 95 heavy (non-hydrogen) atoms. The highest BCUT2D eigenvalue weighted by Crippen LogP contribution is 2.45. The van der Waals surface area contributed by atoms with Gasteiger partial charge >= 0.3 is 39.5 Å². The Morgan fingerprint density at radius 1 is 0.295 bits per heavy atom. The van der Waals surface area contributed by atoms with Crippen LogP contribution in [0, 0.1) is 23.7 Å². The van der Waals surface area contributed by atoms with Gasteiger partial charge in [-0.05, 0) is 49.4 Å². The van der Waals surface area contributed by atoms with Crippen molar-refractivity contribution in [2.45, 2.75) is 401 Å². The third-order valence-electron chi connectivity index (χ3n) is 18.3. The summed E-state index contributed by atoms with van der Waals surface area (Å²) in [4.78, 5) is 72.8. The predicted molar refractivity (Wildman–Crippen MR) is 386 cm³/mol. The number of carbonyl (C=O) groups excluding carboxylic acids is 4. The van der Waals surface area contributed by atoms with Gasteiger partial charge in [0.25, 0.3) is 0 Å². The molecule has 0 aromatic rings. The van der Waals surface area contributed by atoms with Gasteiger partial charge in [0, 0.05) is 25.7 Å². The van der Waals surface area contributed by atoms with Crippen LogP contribution in [-0.4, -0.2) is 96.7 Å². The molecular formula is C76H148O17P2. The Hall–Kier alpha value is -1.94. The van der Waals surface area contributed by atoms with Crippen LogP contribution in [-0.2, 0) is 65.4 Å². The summed E-state index contributed by atoms with van der Waals surface area (Å²) in [5, 5.41) is 10.6. The number of aliphatic hydroxyl groups is 1. The van der Waals surface area contributed by atoms with E-state index in [1.807, 2.05) is 0 Å². The van der Waals surface area contributed by atoms with Crippen LogP contribution in [0.1, 0.15) is 383 Å². The highest BCUT2D eigenvalue weighted by atomic mass is 31.2. The molecule has 564 valence electrons. The lowest BCUT2D eigenvalue weighted by Crippen LogP contribution is -2.30. The average Bonchev–Trinajstić information content (AvgIpc) is 1.53. The van der Waals surface area contributed by atoms with Crippen molar-refractivity contribution in [3.8, 4) is 0 Å². The van der Waals surface area contributed by atoms with Crippen LogP contribution >= 0.6 is 15.6 Å². The molecule has 0 amide bonds. The predicted octanol–water partition coefficient (Wildman–Crippen LogP) is 22.0. The second-order valence-corrected chi connectivity index (χ2v) is 31.7. The first-order valence-corrected chi connectivity index (χ1v) is 42.3. The molecule has 19 heteroatoms. The summed E-state index contributed by atoms with van der Waals surface area (Å²) in [7, 11) is -9.91. The van der Waals surface area contributed by atoms with E-state index in [4.69, 9.17) is 37.0 Å². The Morgan fingerprint density at radius 3 is 0.747 bits per heavy atom. The molecule has 0 spiro atoms. The average molecular weight is 1400 g/mol. The molecule has 0 aliphatic heterocycles. The van der Waals surface area contributed by atoms with Gasteiger partial charge in [0.2, 0.25) is 0 Å². The normalized spacial score (nSPS) is 14.7. The number of phosphoric ester groups is 2. The lowest BCUT2D eigenvalue weighted by atomic mass is 9.99. The molecule has 0 heterocycles. The van der Waals surface area contributed by atoms with E-state index in [2.05, 4.69) is 55.4 Å². The Balaban J connectivity index is 5.25. The first kappa shape index (κ1) is 93.1. The standard InChI is InChI=1S/C76H148O17P2/c1-9-68(7)54-46-38-30-22-18-13-11-12-14-19-23-32-40-48-56-73(78)86-62-71(92-75(80)58-50-42-33-24-20-16-15-17-21-28-36-44-52-66(3)4)64-90-94(82,83)88-60-70(77)61-89-95(84,85)91-65-72(63-87-74(79)57-49-41-35-27-29-37-45-53-67(5)6)93-76(81)59-51-43-34-26-25-31-39-47-55-69(8)10-2/h66-72,77H,9-65H2,1-8H3,(H,82,83)(H,84,85)/t68?,69?,70?,71-,72-/m1/s1. The summed E-state index contributed by atoms with van der Waals surface area (Å²) in [6.07, 6.45) is 49.9. The molecule has 0 aliphatic carbocycles. The fourth-order valence-corrected chi connectivity index (χ4v) is 13.1. The summed E-state index contributed by atoms with van der Waals surface area (Å²) < 4.78 is 68.5. The summed E-state index contributed by atoms with van der Waals surface area (Å²) in [6, 6.07) is 0. The number of hydrogen-bond donors (Lipinski definition) is 3. The van der Waals surface area contributed by atoms with Crippen molar-refractivity contribution in [2.24, 2.45) is 23.7 Å². The Kier molecular flexibility index (Phi) is 64.0. The van der Waals surface area contributed by atoms with E-state index in [1.54, 1.807) is 0 Å². The van der Waals surface area contributed by atoms with E-state index < -0.39 is 97.5 Å². The quantitative estimate of drug-likeness (QED) is 0.0222. The van der Waals surface area contributed by atoms with Crippen molar-refractivity contribution in [3.63, 3.8) is 0 Å². The van der Waals surface area contributed by atoms with Gasteiger partial charge in [-0.2, -0.15) is 0 Å². The molecule has 0 bridgehead atoms. The van der Waals surface area contributed by atoms with Crippen LogP contribution in [0.25, 0.3) is 0 Å². The monoisotopic (exact) mass is 1400 g/mol. The Morgan fingerprint density at radius 2 is 0.505 bits per heavy atom. The maximum Gasteiger partial charge on any atom is 0.472 e. The van der Waals surface area contributed by atoms with Crippen molar-refractivity contribution in [1.82, 2.24) is 0 Å². The molecular weight excluding hydrogens is 1250 g/mol. The second kappa shape index (κ2) is 65.4. The van der Waals surface area contributed by atoms with E-state index >= 15 is 0 Å². The van der Waals surface area contributed by atoms with Gasteiger partial charge in [-0.15, -0.1) is 0 Å². The SMILES string of the molecule is CCC(C)CCCCCCCCCCCCCCCCC(=O)OC[C@H](COP(=O)(O)OCC(O)COP(=O)(O)OC[C@@H](COC(=O)CCCCCCCCCC(C)C)OC(=O)CCCCCCCCCCC(C)CC)OC(=O)CCCCCCCCCCCCCCC(C)C. The molecule has 0 rings (SSSR count). The number of esters is 4. The molecule has 0 aliphatic rings. The molecule has 0 aromatic carbocycles. The maximum absolute atomic E-state index is 13.1. The number of phosphoric acid groups is 2. The van der Waals surface area contributed by atoms with E-state index in [1.165, 1.54) is 180 Å². The minimum atomic E-state index is -4.96. The highest BCUT2D eigenvalue weighted by molar-refractivity contribution is 7.47. The fourth-order valence-electron chi connectivity index (χ4n) is 11.5. The highest BCUT2D eigenvalue weighted by Gasteiger charge is 2.30. The number of rotatable bonds is 73. The molecule has 0 aromatic heterocycles. The Bertz CT molecular complexity index is 1870. The van der Waals surface area contributed by atoms with Crippen molar-refractivity contribution in [1.29, 1.82) is 0 Å². The smallest absolute Gasteiger partial charge is 0.462 e. The van der Waals surface area contributed by atoms with E-state index in [9.17, 15) is 43.2 Å². The number of hydrogen-bond acceptors (Lipinski definition) is 15. The molecule has 0 fully saturated rings. The van der Waals surface area contributed by atoms with E-state index in [-0.39, 0.29) is 25.7 Å². The fraction of sp³-hybridized carbons (Fsp3) is 0.947. The van der Waals surface area contributed by atoms with Crippen LogP contribution in [0.5, 0.6) is 0 Å². The summed E-state index contributed by atoms with van der Waals surface area (Å²) in [5.74, 6) is 0.979. The first-order valence-electron chi connectivity index (χ1n) is 39.3. The van der Waals surface area contributed by atoms with Crippen molar-refractivity contribution < 1.29 is 80.2 Å². The maximum atomic E-state index is 13.1. The summed E-state index contributed by atoms with van der Waals surface area (Å²) in [6.45, 7) is 14.2. The molecule has 0 saturated carbocycles. The van der Waals surface area contributed by atoms with Crippen LogP contribution in [0.4, 0.5) is 0 Å². The number of aliphatic hydroxyl groups excluding tert-OH is 1. The minimum absolute atomic E-state index is 0.104. The molecule has 7 atom stereocenters. The van der Waals surface area contributed by atoms with Crippen molar-refractivity contribution >= 4 is 39.5 Å². The third-order valence-corrected chi connectivity index (χ3v) is 20.2. The zero-order valence-corrected chi connectivity index (χ0v) is 64.1. The van der Waals surface area contributed by atoms with Gasteiger partial charge in [-0.3, -0.25) is 37.3 Å². The lowest BCUT2D eigenvalue weighted by Gasteiger charge is -2.21. The zero-order valence-electron chi connectivity index (χ0n) is 62.3. The Labute approximate surface area is 581 Å². The van der Waals surface area contributed by atoms with Crippen LogP contribution < -0.4 is 0 Å². The first-order chi connectivity index (χ1) is 45.7. The van der Waals surface area contributed by atoms with Crippen LogP contribution in [0.3, 0.4) is 0 Å². The van der Waals surface area contributed by atoms with E-state index in [0.29, 0.717) is 31.6 Å². The molecule has 17 nitrogen and oxygen atoms in total. The number of unbranched alkanes of at least 4 members (excludes halogenated alkanes) is 37. The minimum Gasteiger partial charge on any atom is -0.462 e. The van der Waals surface area contributed by atoms with Gasteiger partial charge in [-0.25, -0.2) is 9.13 Å². The van der Waals surface area contributed by atoms with Gasteiger partial charge in [0.1, 0.15) is 19.3 Å². The summed E-state index contributed by atoms with van der Waals surface area (Å²) in [5.41, 5.74) is 0. The molecule has 0 saturated heterocycles. The molecule has 5 unspecified atom stereocenters. The van der Waals surface area contributed by atoms with Crippen LogP contribution in [0.15, 0.2) is 0 Å². The van der Waals surface area contributed by atoms with Gasteiger partial charge in [0.15, 0.2) is 12.2 Å². The second-order valence-electron chi connectivity index (χ2n) is 28.8. The topological polar surface area (TPSA) is 237 Å². The van der Waals surface area contributed by atoms with E-state index in [0.717, 1.165) is 114 Å². The zero-order chi connectivity index (χ0) is 70.3. The lowest BCUT2D eigenvalue weighted by molar-refractivity contribution is -0.161. The van der Waals surface area contributed by atoms with Gasteiger partial charge < -0.3 is 33.8 Å². The number of carbonyl (C=O) groups is 4. The van der Waals surface area contributed by atoms with Gasteiger partial charge in [-0.1, -0.05) is 331 Å². The molecule has 0 radical (unpaired) electrons. The third kappa shape index (κ3) is 67.6. The van der Waals surface area contributed by atoms with Crippen molar-refractivity contribution in [2.75, 3.05) is 39.6 Å². The van der Waals surface area contributed by atoms with Crippen molar-refractivity contribution in [3.05, 3.63) is 0 Å².